The molecule has 1 aromatic heterocycles. The molecule has 2 aromatic rings. The topological polar surface area (TPSA) is 17.0 Å². The molecular weight excluding hydrogens is 208 g/mol. The Morgan fingerprint density at radius 2 is 2.00 bits per heavy atom. The molecule has 0 amide bonds. The van der Waals surface area contributed by atoms with Gasteiger partial charge in [-0.2, -0.15) is 0 Å². The minimum atomic E-state index is 0.528. The number of hydrogen-bond donors (Lipinski definition) is 1. The molecule has 2 rings (SSSR count). The number of aromatic nitrogens is 1. The maximum atomic E-state index is 3.49. The van der Waals surface area contributed by atoms with Gasteiger partial charge in [0.05, 0.1) is 0 Å². The van der Waals surface area contributed by atoms with Gasteiger partial charge in [0.1, 0.15) is 0 Å². The molecule has 0 aliphatic rings. The molecule has 0 radical (unpaired) electrons. The molecule has 1 N–H and O–H groups in total. The van der Waals surface area contributed by atoms with E-state index in [-0.39, 0.29) is 0 Å². The number of aryl methyl sites for hydroxylation is 2. The van der Waals surface area contributed by atoms with Crippen LogP contribution in [0.1, 0.15) is 32.0 Å². The summed E-state index contributed by atoms with van der Waals surface area (Å²) in [6, 6.07) is 9.50. The molecule has 0 spiro atoms. The van der Waals surface area contributed by atoms with Crippen LogP contribution >= 0.6 is 0 Å². The molecule has 0 atom stereocenters. The second-order valence-corrected chi connectivity index (χ2v) is 4.98. The van der Waals surface area contributed by atoms with Crippen LogP contribution in [0.5, 0.6) is 0 Å². The highest BCUT2D eigenvalue weighted by molar-refractivity contribution is 5.82. The summed E-state index contributed by atoms with van der Waals surface area (Å²) in [5.74, 6) is 0. The van der Waals surface area contributed by atoms with Gasteiger partial charge < -0.3 is 9.88 Å². The molecule has 0 aliphatic heterocycles. The summed E-state index contributed by atoms with van der Waals surface area (Å²) < 4.78 is 2.40. The Morgan fingerprint density at radius 3 is 2.65 bits per heavy atom. The minimum Gasteiger partial charge on any atom is -0.344 e. The Balaban J connectivity index is 2.41. The van der Waals surface area contributed by atoms with Gasteiger partial charge in [-0.05, 0) is 36.9 Å². The van der Waals surface area contributed by atoms with Crippen LogP contribution in [-0.4, -0.2) is 10.6 Å². The fourth-order valence-corrected chi connectivity index (χ4v) is 2.25. The van der Waals surface area contributed by atoms with Crippen LogP contribution in [0.3, 0.4) is 0 Å². The van der Waals surface area contributed by atoms with Crippen molar-refractivity contribution in [2.75, 3.05) is 0 Å². The van der Waals surface area contributed by atoms with E-state index in [1.165, 1.54) is 22.2 Å². The summed E-state index contributed by atoms with van der Waals surface area (Å²) in [5, 5.41) is 4.84. The Labute approximate surface area is 104 Å². The van der Waals surface area contributed by atoms with Crippen molar-refractivity contribution in [2.45, 2.75) is 46.8 Å². The summed E-state index contributed by atoms with van der Waals surface area (Å²) in [4.78, 5) is 0. The van der Waals surface area contributed by atoms with Crippen LogP contribution in [0.25, 0.3) is 10.9 Å². The molecule has 0 saturated heterocycles. The van der Waals surface area contributed by atoms with Gasteiger partial charge in [0.15, 0.2) is 0 Å². The van der Waals surface area contributed by atoms with E-state index < -0.39 is 0 Å². The lowest BCUT2D eigenvalue weighted by molar-refractivity contribution is 0.564. The molecule has 0 aliphatic carbocycles. The van der Waals surface area contributed by atoms with E-state index >= 15 is 0 Å². The van der Waals surface area contributed by atoms with E-state index in [1.807, 2.05) is 0 Å². The lowest BCUT2D eigenvalue weighted by Crippen LogP contribution is -2.23. The molecule has 17 heavy (non-hydrogen) atoms. The van der Waals surface area contributed by atoms with Crippen LogP contribution in [0, 0.1) is 6.92 Å². The number of rotatable bonds is 4. The molecule has 0 fully saturated rings. The van der Waals surface area contributed by atoms with Crippen LogP contribution in [0.15, 0.2) is 24.3 Å². The van der Waals surface area contributed by atoms with E-state index in [4.69, 9.17) is 0 Å². The van der Waals surface area contributed by atoms with Gasteiger partial charge in [-0.25, -0.2) is 0 Å². The number of benzene rings is 1. The number of fused-ring (bicyclic) bond motifs is 1. The Hall–Kier alpha value is -1.28. The largest absolute Gasteiger partial charge is 0.344 e. The van der Waals surface area contributed by atoms with Gasteiger partial charge in [0.2, 0.25) is 0 Å². The van der Waals surface area contributed by atoms with Gasteiger partial charge in [-0.1, -0.05) is 26.0 Å². The standard InChI is InChI=1S/C15H22N2/c1-5-17-14(10-16-11(2)3)9-13-7-6-12(4)8-15(13)17/h6-9,11,16H,5,10H2,1-4H3. The average Bonchev–Trinajstić information content (AvgIpc) is 2.63. The molecule has 0 unspecified atom stereocenters. The van der Waals surface area contributed by atoms with Crippen molar-refractivity contribution in [2.24, 2.45) is 0 Å². The highest BCUT2D eigenvalue weighted by atomic mass is 15.0. The van der Waals surface area contributed by atoms with Crippen molar-refractivity contribution in [3.8, 4) is 0 Å². The lowest BCUT2D eigenvalue weighted by atomic mass is 10.2. The van der Waals surface area contributed by atoms with Crippen molar-refractivity contribution in [3.05, 3.63) is 35.5 Å². The normalized spacial score (nSPS) is 11.6. The summed E-state index contributed by atoms with van der Waals surface area (Å²) in [6.45, 7) is 10.7. The fourth-order valence-electron chi connectivity index (χ4n) is 2.25. The molecule has 1 aromatic carbocycles. The predicted molar refractivity (Wildman–Crippen MR) is 74.3 cm³/mol. The first-order valence-electron chi connectivity index (χ1n) is 6.44. The summed E-state index contributed by atoms with van der Waals surface area (Å²) >= 11 is 0. The Bertz CT molecular complexity index is 509. The smallest absolute Gasteiger partial charge is 0.0485 e. The molecule has 2 heteroatoms. The van der Waals surface area contributed by atoms with Crippen molar-refractivity contribution in [3.63, 3.8) is 0 Å². The predicted octanol–water partition coefficient (Wildman–Crippen LogP) is 3.47. The van der Waals surface area contributed by atoms with E-state index in [2.05, 4.69) is 61.8 Å². The van der Waals surface area contributed by atoms with Gasteiger partial charge >= 0.3 is 0 Å². The first-order chi connectivity index (χ1) is 8.11. The van der Waals surface area contributed by atoms with Gasteiger partial charge in [-0.15, -0.1) is 0 Å². The highest BCUT2D eigenvalue weighted by Gasteiger charge is 2.07. The SMILES string of the molecule is CCn1c(CNC(C)C)cc2ccc(C)cc21. The quantitative estimate of drug-likeness (QED) is 0.851. The van der Waals surface area contributed by atoms with Crippen molar-refractivity contribution in [1.29, 1.82) is 0 Å². The number of nitrogens with zero attached hydrogens (tertiary/aromatic N) is 1. The summed E-state index contributed by atoms with van der Waals surface area (Å²) in [5.41, 5.74) is 4.06. The van der Waals surface area contributed by atoms with Gasteiger partial charge in [0, 0.05) is 30.3 Å². The zero-order valence-corrected chi connectivity index (χ0v) is 11.2. The second-order valence-electron chi connectivity index (χ2n) is 4.98. The first kappa shape index (κ1) is 12.2. The fraction of sp³-hybridized carbons (Fsp3) is 0.467. The molecular formula is C15H22N2. The van der Waals surface area contributed by atoms with Crippen molar-refractivity contribution < 1.29 is 0 Å². The van der Waals surface area contributed by atoms with Gasteiger partial charge in [0.25, 0.3) is 0 Å². The molecule has 1 heterocycles. The maximum Gasteiger partial charge on any atom is 0.0485 e. The zero-order valence-electron chi connectivity index (χ0n) is 11.2. The molecule has 2 nitrogen and oxygen atoms in total. The third-order valence-corrected chi connectivity index (χ3v) is 3.15. The van der Waals surface area contributed by atoms with Crippen LogP contribution in [-0.2, 0) is 13.1 Å². The molecule has 0 bridgehead atoms. The summed E-state index contributed by atoms with van der Waals surface area (Å²) in [6.07, 6.45) is 0. The lowest BCUT2D eigenvalue weighted by Gasteiger charge is -2.11. The maximum absolute atomic E-state index is 3.49. The minimum absolute atomic E-state index is 0.528. The van der Waals surface area contributed by atoms with Crippen LogP contribution in [0.2, 0.25) is 0 Å². The number of hydrogen-bond acceptors (Lipinski definition) is 1. The zero-order chi connectivity index (χ0) is 12.4. The Kier molecular flexibility index (Phi) is 3.53. The van der Waals surface area contributed by atoms with Crippen molar-refractivity contribution >= 4 is 10.9 Å². The van der Waals surface area contributed by atoms with Crippen LogP contribution < -0.4 is 5.32 Å². The number of nitrogens with one attached hydrogen (secondary N) is 1. The van der Waals surface area contributed by atoms with E-state index in [9.17, 15) is 0 Å². The monoisotopic (exact) mass is 230 g/mol. The Morgan fingerprint density at radius 1 is 1.24 bits per heavy atom. The molecule has 92 valence electrons. The van der Waals surface area contributed by atoms with Crippen LogP contribution in [0.4, 0.5) is 0 Å². The van der Waals surface area contributed by atoms with Gasteiger partial charge in [-0.3, -0.25) is 0 Å². The average molecular weight is 230 g/mol. The van der Waals surface area contributed by atoms with E-state index in [0.717, 1.165) is 13.1 Å². The van der Waals surface area contributed by atoms with E-state index in [1.54, 1.807) is 0 Å². The second kappa shape index (κ2) is 4.92. The third-order valence-electron chi connectivity index (χ3n) is 3.15. The molecule has 0 saturated carbocycles. The van der Waals surface area contributed by atoms with Crippen molar-refractivity contribution in [1.82, 2.24) is 9.88 Å². The highest BCUT2D eigenvalue weighted by Crippen LogP contribution is 2.21. The van der Waals surface area contributed by atoms with E-state index in [0.29, 0.717) is 6.04 Å². The summed E-state index contributed by atoms with van der Waals surface area (Å²) in [7, 11) is 0. The first-order valence-corrected chi connectivity index (χ1v) is 6.44. The third kappa shape index (κ3) is 2.52.